The number of sulfonamides is 1. The largest absolute Gasteiger partial charge is 0.389 e. The summed E-state index contributed by atoms with van der Waals surface area (Å²) < 4.78 is 48.5. The van der Waals surface area contributed by atoms with E-state index in [9.17, 15) is 21.9 Å². The Bertz CT molecular complexity index is 508. The van der Waals surface area contributed by atoms with Gasteiger partial charge in [0, 0.05) is 13.1 Å². The smallest absolute Gasteiger partial charge is 0.217 e. The SMILES string of the molecule is CC1(O)CCN(S(=O)(=O)C2CCS(=O)(=O)CC2)C1. The highest BCUT2D eigenvalue weighted by atomic mass is 32.2. The molecule has 0 aliphatic carbocycles. The molecule has 0 aromatic carbocycles. The van der Waals surface area contributed by atoms with Gasteiger partial charge in [-0.1, -0.05) is 0 Å². The number of nitrogens with zero attached hydrogens (tertiary/aromatic N) is 1. The fourth-order valence-corrected chi connectivity index (χ4v) is 6.34. The van der Waals surface area contributed by atoms with Gasteiger partial charge in [0.15, 0.2) is 0 Å². The fraction of sp³-hybridized carbons (Fsp3) is 1.00. The predicted octanol–water partition coefficient (Wildman–Crippen LogP) is -0.650. The minimum atomic E-state index is -3.47. The van der Waals surface area contributed by atoms with Crippen LogP contribution in [0.15, 0.2) is 0 Å². The quantitative estimate of drug-likeness (QED) is 0.731. The lowest BCUT2D eigenvalue weighted by Gasteiger charge is -2.27. The normalized spacial score (nSPS) is 34.8. The van der Waals surface area contributed by atoms with E-state index >= 15 is 0 Å². The Morgan fingerprint density at radius 3 is 2.28 bits per heavy atom. The van der Waals surface area contributed by atoms with Gasteiger partial charge in [-0.15, -0.1) is 0 Å². The highest BCUT2D eigenvalue weighted by Crippen LogP contribution is 2.28. The van der Waals surface area contributed by atoms with Gasteiger partial charge in [-0.3, -0.25) is 0 Å². The van der Waals surface area contributed by atoms with E-state index in [-0.39, 0.29) is 30.9 Å². The molecular formula is C10H19NO5S2. The molecule has 2 heterocycles. The zero-order valence-corrected chi connectivity index (χ0v) is 12.0. The summed E-state index contributed by atoms with van der Waals surface area (Å²) in [6, 6.07) is 0. The highest BCUT2D eigenvalue weighted by Gasteiger charge is 2.42. The van der Waals surface area contributed by atoms with Crippen molar-refractivity contribution >= 4 is 19.9 Å². The topological polar surface area (TPSA) is 91.8 Å². The monoisotopic (exact) mass is 297 g/mol. The van der Waals surface area contributed by atoms with Gasteiger partial charge >= 0.3 is 0 Å². The summed E-state index contributed by atoms with van der Waals surface area (Å²) in [5, 5.41) is 9.19. The van der Waals surface area contributed by atoms with Gasteiger partial charge in [0.1, 0.15) is 9.84 Å². The maximum atomic E-state index is 12.3. The lowest BCUT2D eigenvalue weighted by Crippen LogP contribution is -2.43. The first-order chi connectivity index (χ1) is 8.12. The number of aliphatic hydroxyl groups is 1. The second-order valence-electron chi connectivity index (χ2n) is 5.48. The minimum absolute atomic E-state index is 0.0544. The zero-order valence-electron chi connectivity index (χ0n) is 10.4. The first kappa shape index (κ1) is 14.2. The van der Waals surface area contributed by atoms with E-state index in [4.69, 9.17) is 0 Å². The molecule has 6 nitrogen and oxygen atoms in total. The molecular weight excluding hydrogens is 278 g/mol. The molecule has 0 radical (unpaired) electrons. The second kappa shape index (κ2) is 4.43. The Kier molecular flexibility index (Phi) is 3.50. The van der Waals surface area contributed by atoms with E-state index < -0.39 is 30.7 Å². The molecule has 18 heavy (non-hydrogen) atoms. The molecule has 2 fully saturated rings. The summed E-state index contributed by atoms with van der Waals surface area (Å²) in [7, 11) is -6.53. The molecule has 8 heteroatoms. The molecule has 0 amide bonds. The molecule has 2 saturated heterocycles. The molecule has 0 spiro atoms. The van der Waals surface area contributed by atoms with Crippen molar-refractivity contribution < 1.29 is 21.9 Å². The van der Waals surface area contributed by atoms with Crippen molar-refractivity contribution in [1.82, 2.24) is 4.31 Å². The first-order valence-corrected chi connectivity index (χ1v) is 9.37. The lowest BCUT2D eigenvalue weighted by molar-refractivity contribution is 0.0761. The third-order valence-corrected chi connectivity index (χ3v) is 7.76. The summed E-state index contributed by atoms with van der Waals surface area (Å²) in [5.74, 6) is -0.109. The van der Waals surface area contributed by atoms with Gasteiger partial charge in [0.25, 0.3) is 0 Å². The van der Waals surface area contributed by atoms with Crippen LogP contribution in [0.25, 0.3) is 0 Å². The van der Waals surface area contributed by atoms with E-state index in [1.54, 1.807) is 6.92 Å². The van der Waals surface area contributed by atoms with E-state index in [0.717, 1.165) is 0 Å². The third kappa shape index (κ3) is 2.87. The molecule has 0 saturated carbocycles. The second-order valence-corrected chi connectivity index (χ2v) is 9.99. The Balaban J connectivity index is 2.09. The number of sulfone groups is 1. The van der Waals surface area contributed by atoms with E-state index in [1.807, 2.05) is 0 Å². The van der Waals surface area contributed by atoms with Gasteiger partial charge in [-0.25, -0.2) is 16.8 Å². The molecule has 1 unspecified atom stereocenters. The maximum absolute atomic E-state index is 12.3. The standard InChI is InChI=1S/C10H19NO5S2/c1-10(12)4-5-11(8-10)18(15,16)9-2-6-17(13,14)7-3-9/h9,12H,2-8H2,1H3. The third-order valence-electron chi connectivity index (χ3n) is 3.70. The summed E-state index contributed by atoms with van der Waals surface area (Å²) >= 11 is 0. The van der Waals surface area contributed by atoms with E-state index in [2.05, 4.69) is 0 Å². The van der Waals surface area contributed by atoms with Crippen LogP contribution >= 0.6 is 0 Å². The van der Waals surface area contributed by atoms with Gasteiger partial charge in [0.05, 0.1) is 22.4 Å². The summed E-state index contributed by atoms with van der Waals surface area (Å²) in [6.45, 7) is 2.05. The molecule has 106 valence electrons. The highest BCUT2D eigenvalue weighted by molar-refractivity contribution is 7.92. The van der Waals surface area contributed by atoms with Crippen molar-refractivity contribution in [2.45, 2.75) is 37.0 Å². The number of β-amino-alcohol motifs (C(OH)–C–C–N with tert-alkyl or cyclic N) is 1. The van der Waals surface area contributed by atoms with Crippen molar-refractivity contribution in [3.63, 3.8) is 0 Å². The average Bonchev–Trinajstić information content (AvgIpc) is 2.59. The van der Waals surface area contributed by atoms with Crippen LogP contribution < -0.4 is 0 Å². The Hall–Kier alpha value is -0.180. The van der Waals surface area contributed by atoms with E-state index in [1.165, 1.54) is 4.31 Å². The Labute approximate surface area is 108 Å². The Morgan fingerprint density at radius 2 is 1.83 bits per heavy atom. The molecule has 2 rings (SSSR count). The molecule has 1 atom stereocenters. The van der Waals surface area contributed by atoms with Crippen LogP contribution in [0, 0.1) is 0 Å². The number of hydrogen-bond donors (Lipinski definition) is 1. The summed E-state index contributed by atoms with van der Waals surface area (Å²) in [5.41, 5.74) is -0.964. The van der Waals surface area contributed by atoms with E-state index in [0.29, 0.717) is 13.0 Å². The van der Waals surface area contributed by atoms with Crippen molar-refractivity contribution in [3.8, 4) is 0 Å². The molecule has 0 aromatic rings. The number of hydrogen-bond acceptors (Lipinski definition) is 5. The van der Waals surface area contributed by atoms with Crippen LogP contribution in [-0.2, 0) is 19.9 Å². The minimum Gasteiger partial charge on any atom is -0.389 e. The van der Waals surface area contributed by atoms with Crippen molar-refractivity contribution in [2.24, 2.45) is 0 Å². The summed E-state index contributed by atoms with van der Waals surface area (Å²) in [4.78, 5) is 0. The van der Waals surface area contributed by atoms with Gasteiger partial charge in [-0.05, 0) is 26.2 Å². The maximum Gasteiger partial charge on any atom is 0.217 e. The molecule has 2 aliphatic rings. The number of rotatable bonds is 2. The molecule has 0 aromatic heterocycles. The van der Waals surface area contributed by atoms with Crippen LogP contribution in [0.5, 0.6) is 0 Å². The van der Waals surface area contributed by atoms with Crippen LogP contribution in [0.2, 0.25) is 0 Å². The van der Waals surface area contributed by atoms with Crippen molar-refractivity contribution in [3.05, 3.63) is 0 Å². The Morgan fingerprint density at radius 1 is 1.28 bits per heavy atom. The van der Waals surface area contributed by atoms with Gasteiger partial charge < -0.3 is 5.11 Å². The molecule has 0 bridgehead atoms. The lowest BCUT2D eigenvalue weighted by atomic mass is 10.1. The van der Waals surface area contributed by atoms with Crippen LogP contribution in [0.4, 0.5) is 0 Å². The zero-order chi connectivity index (χ0) is 13.6. The summed E-state index contributed by atoms with van der Waals surface area (Å²) in [6.07, 6.45) is 0.768. The fourth-order valence-electron chi connectivity index (χ4n) is 2.50. The molecule has 1 N–H and O–H groups in total. The first-order valence-electron chi connectivity index (χ1n) is 6.04. The van der Waals surface area contributed by atoms with Crippen molar-refractivity contribution in [2.75, 3.05) is 24.6 Å². The average molecular weight is 297 g/mol. The van der Waals surface area contributed by atoms with Crippen LogP contribution in [-0.4, -0.2) is 61.7 Å². The van der Waals surface area contributed by atoms with Gasteiger partial charge in [0.2, 0.25) is 10.0 Å². The van der Waals surface area contributed by atoms with Crippen molar-refractivity contribution in [1.29, 1.82) is 0 Å². The predicted molar refractivity (Wildman–Crippen MR) is 67.4 cm³/mol. The van der Waals surface area contributed by atoms with Crippen LogP contribution in [0.1, 0.15) is 26.2 Å². The molecule has 2 aliphatic heterocycles. The van der Waals surface area contributed by atoms with Crippen LogP contribution in [0.3, 0.4) is 0 Å². The van der Waals surface area contributed by atoms with Gasteiger partial charge in [-0.2, -0.15) is 4.31 Å².